The molecule has 0 fully saturated rings. The van der Waals surface area contributed by atoms with Crippen LogP contribution in [0.25, 0.3) is 0 Å². The molecule has 2 rings (SSSR count). The van der Waals surface area contributed by atoms with Gasteiger partial charge in [-0.15, -0.1) is 0 Å². The van der Waals surface area contributed by atoms with Crippen LogP contribution in [0.5, 0.6) is 0 Å². The van der Waals surface area contributed by atoms with E-state index in [2.05, 4.69) is 28.5 Å². The van der Waals surface area contributed by atoms with Crippen molar-refractivity contribution >= 4 is 0 Å². The maximum atomic E-state index is 6.34. The van der Waals surface area contributed by atoms with Crippen LogP contribution < -0.4 is 5.73 Å². The molecule has 0 aliphatic rings. The number of aromatic nitrogens is 4. The summed E-state index contributed by atoms with van der Waals surface area (Å²) < 4.78 is 4.07. The van der Waals surface area contributed by atoms with Gasteiger partial charge in [0.25, 0.3) is 0 Å². The molecular formula is C13H21N5. The average Bonchev–Trinajstić information content (AvgIpc) is 2.95. The van der Waals surface area contributed by atoms with E-state index in [1.54, 1.807) is 0 Å². The van der Waals surface area contributed by atoms with Crippen LogP contribution in [0.3, 0.4) is 0 Å². The highest BCUT2D eigenvalue weighted by molar-refractivity contribution is 5.20. The molecule has 1 atom stereocenters. The summed E-state index contributed by atoms with van der Waals surface area (Å²) in [5, 5.41) is 4.44. The number of hydrogen-bond donors (Lipinski definition) is 1. The van der Waals surface area contributed by atoms with E-state index in [1.165, 1.54) is 0 Å². The number of nitrogens with two attached hydrogens (primary N) is 1. The van der Waals surface area contributed by atoms with E-state index in [4.69, 9.17) is 5.73 Å². The van der Waals surface area contributed by atoms with E-state index in [1.807, 2.05) is 30.1 Å². The first kappa shape index (κ1) is 12.8. The third kappa shape index (κ3) is 2.31. The van der Waals surface area contributed by atoms with E-state index in [-0.39, 0.29) is 6.04 Å². The summed E-state index contributed by atoms with van der Waals surface area (Å²) in [6.07, 6.45) is 4.87. The van der Waals surface area contributed by atoms with Gasteiger partial charge in [-0.25, -0.2) is 4.98 Å². The van der Waals surface area contributed by atoms with Gasteiger partial charge in [-0.05, 0) is 26.3 Å². The Hall–Kier alpha value is -1.62. The number of imidazole rings is 1. The van der Waals surface area contributed by atoms with Gasteiger partial charge in [-0.1, -0.05) is 6.92 Å². The molecule has 1 unspecified atom stereocenters. The molecular weight excluding hydrogens is 226 g/mol. The summed E-state index contributed by atoms with van der Waals surface area (Å²) in [4.78, 5) is 4.39. The highest BCUT2D eigenvalue weighted by atomic mass is 15.3. The third-order valence-electron chi connectivity index (χ3n) is 3.04. The van der Waals surface area contributed by atoms with Crippen LogP contribution in [-0.2, 0) is 13.1 Å². The Morgan fingerprint density at radius 2 is 2.17 bits per heavy atom. The van der Waals surface area contributed by atoms with E-state index in [0.29, 0.717) is 0 Å². The molecule has 0 bridgehead atoms. The average molecular weight is 247 g/mol. The molecule has 0 spiro atoms. The Labute approximate surface area is 108 Å². The van der Waals surface area contributed by atoms with Gasteiger partial charge in [0.15, 0.2) is 0 Å². The number of rotatable bonds is 5. The van der Waals surface area contributed by atoms with Gasteiger partial charge < -0.3 is 10.3 Å². The standard InChI is InChI=1S/C13H21N5/c1-4-7-17-8-6-15-13(17)12(14)11-9-10(3)16-18(11)5-2/h6,8-9,12H,4-5,7,14H2,1-3H3. The predicted octanol–water partition coefficient (Wildman–Crippen LogP) is 1.87. The van der Waals surface area contributed by atoms with Crippen LogP contribution in [0, 0.1) is 6.92 Å². The molecule has 18 heavy (non-hydrogen) atoms. The van der Waals surface area contributed by atoms with Crippen LogP contribution in [0.4, 0.5) is 0 Å². The van der Waals surface area contributed by atoms with Gasteiger partial charge in [0.05, 0.1) is 11.4 Å². The van der Waals surface area contributed by atoms with Crippen LogP contribution >= 0.6 is 0 Å². The van der Waals surface area contributed by atoms with Crippen molar-refractivity contribution < 1.29 is 0 Å². The van der Waals surface area contributed by atoms with Gasteiger partial charge in [0.2, 0.25) is 0 Å². The van der Waals surface area contributed by atoms with Crippen LogP contribution in [-0.4, -0.2) is 19.3 Å². The van der Waals surface area contributed by atoms with Crippen molar-refractivity contribution in [3.05, 3.63) is 35.7 Å². The monoisotopic (exact) mass is 247 g/mol. The van der Waals surface area contributed by atoms with Gasteiger partial charge in [-0.3, -0.25) is 4.68 Å². The largest absolute Gasteiger partial charge is 0.333 e. The van der Waals surface area contributed by atoms with Crippen molar-refractivity contribution in [2.75, 3.05) is 0 Å². The minimum Gasteiger partial charge on any atom is -0.333 e. The molecule has 0 amide bonds. The van der Waals surface area contributed by atoms with Crippen molar-refractivity contribution in [3.63, 3.8) is 0 Å². The summed E-state index contributed by atoms with van der Waals surface area (Å²) in [5.41, 5.74) is 8.36. The predicted molar refractivity (Wildman–Crippen MR) is 71.2 cm³/mol. The highest BCUT2D eigenvalue weighted by Gasteiger charge is 2.19. The maximum absolute atomic E-state index is 6.34. The first-order chi connectivity index (χ1) is 8.67. The zero-order valence-electron chi connectivity index (χ0n) is 11.3. The summed E-state index contributed by atoms with van der Waals surface area (Å²) in [7, 11) is 0. The van der Waals surface area contributed by atoms with Crippen molar-refractivity contribution in [1.82, 2.24) is 19.3 Å². The number of hydrogen-bond acceptors (Lipinski definition) is 3. The van der Waals surface area contributed by atoms with Crippen molar-refractivity contribution in [1.29, 1.82) is 0 Å². The molecule has 0 aliphatic heterocycles. The zero-order chi connectivity index (χ0) is 13.1. The Morgan fingerprint density at radius 3 is 2.83 bits per heavy atom. The normalized spacial score (nSPS) is 12.9. The lowest BCUT2D eigenvalue weighted by molar-refractivity contribution is 0.559. The molecule has 0 aromatic carbocycles. The first-order valence-corrected chi connectivity index (χ1v) is 6.48. The molecule has 5 heteroatoms. The molecule has 2 heterocycles. The molecule has 5 nitrogen and oxygen atoms in total. The second-order valence-electron chi connectivity index (χ2n) is 4.48. The smallest absolute Gasteiger partial charge is 0.131 e. The Morgan fingerprint density at radius 1 is 1.39 bits per heavy atom. The number of aryl methyl sites for hydroxylation is 3. The quantitative estimate of drug-likeness (QED) is 0.877. The second-order valence-corrected chi connectivity index (χ2v) is 4.48. The lowest BCUT2D eigenvalue weighted by atomic mass is 10.2. The second kappa shape index (κ2) is 5.35. The van der Waals surface area contributed by atoms with Crippen molar-refractivity contribution in [2.24, 2.45) is 5.73 Å². The Bertz CT molecular complexity index is 511. The van der Waals surface area contributed by atoms with Crippen molar-refractivity contribution in [2.45, 2.75) is 46.3 Å². The van der Waals surface area contributed by atoms with Gasteiger partial charge in [0.1, 0.15) is 11.9 Å². The molecule has 0 radical (unpaired) electrons. The summed E-state index contributed by atoms with van der Waals surface area (Å²) in [6, 6.07) is 1.83. The molecule has 2 aromatic heterocycles. The third-order valence-corrected chi connectivity index (χ3v) is 3.04. The van der Waals surface area contributed by atoms with Gasteiger partial charge in [0, 0.05) is 25.5 Å². The molecule has 0 saturated heterocycles. The fourth-order valence-electron chi connectivity index (χ4n) is 2.23. The lowest BCUT2D eigenvalue weighted by Crippen LogP contribution is -2.21. The molecule has 0 saturated carbocycles. The van der Waals surface area contributed by atoms with E-state index < -0.39 is 0 Å². The Balaban J connectivity index is 2.34. The van der Waals surface area contributed by atoms with Crippen molar-refractivity contribution in [3.8, 4) is 0 Å². The fourth-order valence-corrected chi connectivity index (χ4v) is 2.23. The van der Waals surface area contributed by atoms with E-state index in [9.17, 15) is 0 Å². The van der Waals surface area contributed by atoms with E-state index in [0.717, 1.165) is 36.7 Å². The minimum absolute atomic E-state index is 0.215. The van der Waals surface area contributed by atoms with Crippen LogP contribution in [0.1, 0.15) is 43.5 Å². The minimum atomic E-state index is -0.215. The first-order valence-electron chi connectivity index (χ1n) is 6.48. The van der Waals surface area contributed by atoms with E-state index >= 15 is 0 Å². The summed E-state index contributed by atoms with van der Waals surface area (Å²) in [5.74, 6) is 0.909. The van der Waals surface area contributed by atoms with Gasteiger partial charge in [-0.2, -0.15) is 5.10 Å². The lowest BCUT2D eigenvalue weighted by Gasteiger charge is -2.14. The summed E-state index contributed by atoms with van der Waals surface area (Å²) in [6.45, 7) is 7.98. The molecule has 0 aliphatic carbocycles. The molecule has 98 valence electrons. The SMILES string of the molecule is CCCn1ccnc1C(N)c1cc(C)nn1CC. The fraction of sp³-hybridized carbons (Fsp3) is 0.538. The molecule has 2 aromatic rings. The van der Waals surface area contributed by atoms with Gasteiger partial charge >= 0.3 is 0 Å². The maximum Gasteiger partial charge on any atom is 0.131 e. The van der Waals surface area contributed by atoms with Crippen LogP contribution in [0.2, 0.25) is 0 Å². The van der Waals surface area contributed by atoms with Crippen LogP contribution in [0.15, 0.2) is 18.5 Å². The summed E-state index contributed by atoms with van der Waals surface area (Å²) >= 11 is 0. The Kier molecular flexibility index (Phi) is 3.81. The molecule has 2 N–H and O–H groups in total. The number of nitrogens with zero attached hydrogens (tertiary/aromatic N) is 4. The highest BCUT2D eigenvalue weighted by Crippen LogP contribution is 2.19. The zero-order valence-corrected chi connectivity index (χ0v) is 11.3. The topological polar surface area (TPSA) is 61.7 Å².